The van der Waals surface area contributed by atoms with Crippen LogP contribution in [0.1, 0.15) is 16.8 Å². The highest BCUT2D eigenvalue weighted by molar-refractivity contribution is 5.95. The van der Waals surface area contributed by atoms with Crippen LogP contribution in [0.4, 0.5) is 5.82 Å². The molecular weight excluding hydrogens is 332 g/mol. The number of benzene rings is 1. The molecule has 1 aromatic heterocycles. The molecule has 1 fully saturated rings. The second kappa shape index (κ2) is 9.26. The molecule has 1 aliphatic rings. The monoisotopic (exact) mass is 356 g/mol. The van der Waals surface area contributed by atoms with E-state index in [-0.39, 0.29) is 5.91 Å². The van der Waals surface area contributed by atoms with E-state index in [2.05, 4.69) is 20.4 Å². The Bertz CT molecular complexity index is 715. The van der Waals surface area contributed by atoms with E-state index in [9.17, 15) is 4.79 Å². The molecule has 0 bridgehead atoms. The first-order chi connectivity index (χ1) is 12.8. The largest absolute Gasteiger partial charge is 0.385 e. The quantitative estimate of drug-likeness (QED) is 0.762. The second-order valence-corrected chi connectivity index (χ2v) is 6.06. The Balaban J connectivity index is 1.66. The molecule has 2 heterocycles. The molecule has 7 heteroatoms. The normalized spacial score (nSPS) is 14.3. The van der Waals surface area contributed by atoms with E-state index >= 15 is 0 Å². The molecule has 0 radical (unpaired) electrons. The Morgan fingerprint density at radius 3 is 2.81 bits per heavy atom. The first-order valence-corrected chi connectivity index (χ1v) is 8.82. The fraction of sp³-hybridized carbons (Fsp3) is 0.421. The molecule has 1 N–H and O–H groups in total. The predicted octanol–water partition coefficient (Wildman–Crippen LogP) is 1.75. The van der Waals surface area contributed by atoms with Crippen LogP contribution in [0.3, 0.4) is 0 Å². The predicted molar refractivity (Wildman–Crippen MR) is 99.3 cm³/mol. The van der Waals surface area contributed by atoms with Gasteiger partial charge < -0.3 is 19.7 Å². The molecule has 26 heavy (non-hydrogen) atoms. The summed E-state index contributed by atoms with van der Waals surface area (Å²) in [6, 6.07) is 11.3. The van der Waals surface area contributed by atoms with Crippen LogP contribution in [-0.4, -0.2) is 62.7 Å². The van der Waals surface area contributed by atoms with Gasteiger partial charge in [-0.25, -0.2) is 0 Å². The molecule has 1 aromatic carbocycles. The third-order valence-corrected chi connectivity index (χ3v) is 4.22. The SMILES string of the molecule is COCCCNC(=O)c1cccc(-c2ccc(N3CCOCC3)nn2)c1. The van der Waals surface area contributed by atoms with E-state index in [0.29, 0.717) is 31.9 Å². The van der Waals surface area contributed by atoms with Crippen molar-refractivity contribution < 1.29 is 14.3 Å². The summed E-state index contributed by atoms with van der Waals surface area (Å²) < 4.78 is 10.3. The number of hydrogen-bond donors (Lipinski definition) is 1. The zero-order valence-corrected chi connectivity index (χ0v) is 15.0. The first kappa shape index (κ1) is 18.3. The molecule has 7 nitrogen and oxygen atoms in total. The minimum absolute atomic E-state index is 0.0964. The zero-order chi connectivity index (χ0) is 18.2. The summed E-state index contributed by atoms with van der Waals surface area (Å²) in [5.74, 6) is 0.755. The zero-order valence-electron chi connectivity index (χ0n) is 15.0. The van der Waals surface area contributed by atoms with E-state index in [4.69, 9.17) is 9.47 Å². The third-order valence-electron chi connectivity index (χ3n) is 4.22. The lowest BCUT2D eigenvalue weighted by Gasteiger charge is -2.27. The summed E-state index contributed by atoms with van der Waals surface area (Å²) in [6.07, 6.45) is 0.788. The number of hydrogen-bond acceptors (Lipinski definition) is 6. The standard InChI is InChI=1S/C19H24N4O3/c1-25-11-3-8-20-19(24)16-5-2-4-15(14-16)17-6-7-18(22-21-17)23-9-12-26-13-10-23/h2,4-7,14H,3,8-13H2,1H3,(H,20,24). The van der Waals surface area contributed by atoms with Crippen molar-refractivity contribution in [1.29, 1.82) is 0 Å². The molecule has 2 aromatic rings. The van der Waals surface area contributed by atoms with E-state index in [1.54, 1.807) is 13.2 Å². The molecular formula is C19H24N4O3. The van der Waals surface area contributed by atoms with Crippen LogP contribution in [0, 0.1) is 0 Å². The van der Waals surface area contributed by atoms with Gasteiger partial charge in [0.05, 0.1) is 18.9 Å². The Kier molecular flexibility index (Phi) is 6.51. The molecule has 138 valence electrons. The number of anilines is 1. The Morgan fingerprint density at radius 1 is 1.23 bits per heavy atom. The smallest absolute Gasteiger partial charge is 0.251 e. The maximum absolute atomic E-state index is 12.2. The van der Waals surface area contributed by atoms with Crippen molar-refractivity contribution in [3.63, 3.8) is 0 Å². The van der Waals surface area contributed by atoms with Crippen LogP contribution in [-0.2, 0) is 9.47 Å². The van der Waals surface area contributed by atoms with Gasteiger partial charge in [-0.05, 0) is 30.7 Å². The van der Waals surface area contributed by atoms with E-state index in [1.807, 2.05) is 30.3 Å². The molecule has 0 spiro atoms. The highest BCUT2D eigenvalue weighted by Gasteiger charge is 2.13. The maximum atomic E-state index is 12.2. The van der Waals surface area contributed by atoms with Crippen molar-refractivity contribution >= 4 is 11.7 Å². The van der Waals surface area contributed by atoms with Gasteiger partial charge >= 0.3 is 0 Å². The molecule has 0 aliphatic carbocycles. The average molecular weight is 356 g/mol. The molecule has 3 rings (SSSR count). The molecule has 1 aliphatic heterocycles. The highest BCUT2D eigenvalue weighted by Crippen LogP contribution is 2.20. The van der Waals surface area contributed by atoms with Crippen molar-refractivity contribution in [2.24, 2.45) is 0 Å². The van der Waals surface area contributed by atoms with Gasteiger partial charge in [0.1, 0.15) is 0 Å². The van der Waals surface area contributed by atoms with Crippen molar-refractivity contribution in [3.8, 4) is 11.3 Å². The lowest BCUT2D eigenvalue weighted by molar-refractivity contribution is 0.0948. The van der Waals surface area contributed by atoms with Crippen molar-refractivity contribution in [3.05, 3.63) is 42.0 Å². The number of carbonyl (C=O) groups is 1. The second-order valence-electron chi connectivity index (χ2n) is 6.06. The molecule has 1 saturated heterocycles. The first-order valence-electron chi connectivity index (χ1n) is 8.82. The Morgan fingerprint density at radius 2 is 2.08 bits per heavy atom. The fourth-order valence-corrected chi connectivity index (χ4v) is 2.78. The van der Waals surface area contributed by atoms with Crippen molar-refractivity contribution in [1.82, 2.24) is 15.5 Å². The van der Waals surface area contributed by atoms with Crippen molar-refractivity contribution in [2.75, 3.05) is 51.5 Å². The van der Waals surface area contributed by atoms with Gasteiger partial charge in [0.2, 0.25) is 0 Å². The average Bonchev–Trinajstić information content (AvgIpc) is 2.72. The van der Waals surface area contributed by atoms with Gasteiger partial charge in [-0.15, -0.1) is 10.2 Å². The van der Waals surface area contributed by atoms with Gasteiger partial charge in [-0.1, -0.05) is 12.1 Å². The number of carbonyl (C=O) groups excluding carboxylic acids is 1. The lowest BCUT2D eigenvalue weighted by Crippen LogP contribution is -2.36. The number of nitrogens with one attached hydrogen (secondary N) is 1. The van der Waals surface area contributed by atoms with Crippen LogP contribution in [0.25, 0.3) is 11.3 Å². The van der Waals surface area contributed by atoms with Crippen LogP contribution in [0.5, 0.6) is 0 Å². The molecule has 1 amide bonds. The highest BCUT2D eigenvalue weighted by atomic mass is 16.5. The number of morpholine rings is 1. The van der Waals surface area contributed by atoms with Crippen LogP contribution in [0.15, 0.2) is 36.4 Å². The van der Waals surface area contributed by atoms with Crippen molar-refractivity contribution in [2.45, 2.75) is 6.42 Å². The number of methoxy groups -OCH3 is 1. The summed E-state index contributed by atoms with van der Waals surface area (Å²) in [7, 11) is 1.65. The number of nitrogens with zero attached hydrogens (tertiary/aromatic N) is 3. The maximum Gasteiger partial charge on any atom is 0.251 e. The Hall–Kier alpha value is -2.51. The molecule has 0 unspecified atom stereocenters. The number of aromatic nitrogens is 2. The molecule has 0 atom stereocenters. The Labute approximate surface area is 153 Å². The van der Waals surface area contributed by atoms with Gasteiger partial charge in [0, 0.05) is 44.5 Å². The number of ether oxygens (including phenoxy) is 2. The summed E-state index contributed by atoms with van der Waals surface area (Å²) in [4.78, 5) is 14.4. The topological polar surface area (TPSA) is 76.6 Å². The number of rotatable bonds is 7. The lowest BCUT2D eigenvalue weighted by atomic mass is 10.1. The van der Waals surface area contributed by atoms with Crippen LogP contribution in [0.2, 0.25) is 0 Å². The van der Waals surface area contributed by atoms with E-state index in [1.165, 1.54) is 0 Å². The van der Waals surface area contributed by atoms with Crippen LogP contribution < -0.4 is 10.2 Å². The van der Waals surface area contributed by atoms with Gasteiger partial charge in [-0.3, -0.25) is 4.79 Å². The van der Waals surface area contributed by atoms with Crippen LogP contribution >= 0.6 is 0 Å². The van der Waals surface area contributed by atoms with Gasteiger partial charge in [0.25, 0.3) is 5.91 Å². The minimum Gasteiger partial charge on any atom is -0.385 e. The number of amides is 1. The summed E-state index contributed by atoms with van der Waals surface area (Å²) >= 11 is 0. The van der Waals surface area contributed by atoms with E-state index < -0.39 is 0 Å². The molecule has 0 saturated carbocycles. The summed E-state index contributed by atoms with van der Waals surface area (Å²) in [5.41, 5.74) is 2.23. The van der Waals surface area contributed by atoms with Gasteiger partial charge in [0.15, 0.2) is 5.82 Å². The minimum atomic E-state index is -0.0964. The fourth-order valence-electron chi connectivity index (χ4n) is 2.78. The third kappa shape index (κ3) is 4.77. The van der Waals surface area contributed by atoms with E-state index in [0.717, 1.165) is 36.6 Å². The van der Waals surface area contributed by atoms with Gasteiger partial charge in [-0.2, -0.15) is 0 Å². The summed E-state index contributed by atoms with van der Waals surface area (Å²) in [6.45, 7) is 4.30. The summed E-state index contributed by atoms with van der Waals surface area (Å²) in [5, 5.41) is 11.6.